The van der Waals surface area contributed by atoms with Gasteiger partial charge < -0.3 is 10.1 Å². The molecule has 4 aromatic rings. The zero-order chi connectivity index (χ0) is 20.2. The maximum atomic E-state index is 13.1. The Bertz CT molecular complexity index is 1210. The van der Waals surface area contributed by atoms with Crippen LogP contribution in [0.25, 0.3) is 22.2 Å². The van der Waals surface area contributed by atoms with Crippen molar-refractivity contribution in [2.45, 2.75) is 0 Å². The van der Waals surface area contributed by atoms with Gasteiger partial charge in [0, 0.05) is 29.0 Å². The van der Waals surface area contributed by atoms with Gasteiger partial charge >= 0.3 is 5.97 Å². The summed E-state index contributed by atoms with van der Waals surface area (Å²) in [5.41, 5.74) is 3.54. The molecular weight excluding hydrogens is 366 g/mol. The Balaban J connectivity index is 1.75. The summed E-state index contributed by atoms with van der Waals surface area (Å²) in [6.45, 7) is 0. The van der Waals surface area contributed by atoms with Crippen molar-refractivity contribution in [2.75, 3.05) is 12.4 Å². The summed E-state index contributed by atoms with van der Waals surface area (Å²) in [5, 5.41) is 3.60. The van der Waals surface area contributed by atoms with Crippen LogP contribution in [-0.4, -0.2) is 29.0 Å². The monoisotopic (exact) mass is 383 g/mol. The van der Waals surface area contributed by atoms with Gasteiger partial charge in [0.25, 0.3) is 5.91 Å². The van der Waals surface area contributed by atoms with Crippen molar-refractivity contribution in [2.24, 2.45) is 0 Å². The molecule has 0 saturated carbocycles. The van der Waals surface area contributed by atoms with Crippen LogP contribution in [0.3, 0.4) is 0 Å². The highest BCUT2D eigenvalue weighted by Crippen LogP contribution is 2.25. The molecule has 0 aliphatic carbocycles. The lowest BCUT2D eigenvalue weighted by Crippen LogP contribution is -2.13. The number of rotatable bonds is 4. The number of para-hydroxylation sites is 1. The van der Waals surface area contributed by atoms with Crippen molar-refractivity contribution in [1.29, 1.82) is 0 Å². The van der Waals surface area contributed by atoms with E-state index in [1.54, 1.807) is 42.7 Å². The second-order valence-corrected chi connectivity index (χ2v) is 6.34. The smallest absolute Gasteiger partial charge is 0.337 e. The minimum atomic E-state index is -0.464. The molecule has 29 heavy (non-hydrogen) atoms. The number of aromatic nitrogens is 2. The van der Waals surface area contributed by atoms with Gasteiger partial charge in [0.05, 0.1) is 29.4 Å². The summed E-state index contributed by atoms with van der Waals surface area (Å²) >= 11 is 0. The molecule has 1 amide bonds. The average Bonchev–Trinajstić information content (AvgIpc) is 2.78. The fourth-order valence-corrected chi connectivity index (χ4v) is 3.07. The van der Waals surface area contributed by atoms with Crippen molar-refractivity contribution in [3.8, 4) is 11.3 Å². The summed E-state index contributed by atoms with van der Waals surface area (Å²) in [6.07, 6.45) is 3.39. The molecule has 4 rings (SSSR count). The maximum absolute atomic E-state index is 13.1. The van der Waals surface area contributed by atoms with Gasteiger partial charge in [-0.25, -0.2) is 9.78 Å². The molecule has 0 bridgehead atoms. The van der Waals surface area contributed by atoms with Crippen LogP contribution in [0, 0.1) is 0 Å². The Hall–Kier alpha value is -4.06. The molecule has 0 spiro atoms. The van der Waals surface area contributed by atoms with Crippen LogP contribution in [0.2, 0.25) is 0 Å². The first-order chi connectivity index (χ1) is 14.2. The first-order valence-corrected chi connectivity index (χ1v) is 8.95. The summed E-state index contributed by atoms with van der Waals surface area (Å²) in [7, 11) is 1.32. The lowest BCUT2D eigenvalue weighted by Gasteiger charge is -2.11. The summed E-state index contributed by atoms with van der Waals surface area (Å²) < 4.78 is 4.74. The average molecular weight is 383 g/mol. The van der Waals surface area contributed by atoms with Gasteiger partial charge in [-0.2, -0.15) is 0 Å². The van der Waals surface area contributed by atoms with E-state index in [-0.39, 0.29) is 5.91 Å². The minimum absolute atomic E-state index is 0.296. The molecule has 0 saturated heterocycles. The van der Waals surface area contributed by atoms with Crippen LogP contribution < -0.4 is 5.32 Å². The molecule has 2 heterocycles. The molecule has 0 aliphatic heterocycles. The van der Waals surface area contributed by atoms with Crippen LogP contribution in [0.4, 0.5) is 5.69 Å². The summed E-state index contributed by atoms with van der Waals surface area (Å²) in [5.74, 6) is -0.759. The number of ether oxygens (including phenoxy) is 1. The summed E-state index contributed by atoms with van der Waals surface area (Å²) in [6, 6.07) is 19.5. The molecular formula is C23H17N3O3. The van der Waals surface area contributed by atoms with Gasteiger partial charge in [0.1, 0.15) is 0 Å². The SMILES string of the molecule is COC(=O)c1cccc(NC(=O)c2cc(-c3cccnc3)nc3ccccc23)c1. The third kappa shape index (κ3) is 3.82. The number of pyridine rings is 2. The Morgan fingerprint density at radius 1 is 0.966 bits per heavy atom. The topological polar surface area (TPSA) is 81.2 Å². The van der Waals surface area contributed by atoms with E-state index in [2.05, 4.69) is 15.3 Å². The Labute approximate surface area is 167 Å². The van der Waals surface area contributed by atoms with E-state index in [9.17, 15) is 9.59 Å². The number of amides is 1. The minimum Gasteiger partial charge on any atom is -0.465 e. The highest BCUT2D eigenvalue weighted by Gasteiger charge is 2.15. The first kappa shape index (κ1) is 18.3. The number of carbonyl (C=O) groups excluding carboxylic acids is 2. The van der Waals surface area contributed by atoms with Gasteiger partial charge in [0.2, 0.25) is 0 Å². The van der Waals surface area contributed by atoms with Crippen LogP contribution in [0.15, 0.2) is 79.1 Å². The number of nitrogens with zero attached hydrogens (tertiary/aromatic N) is 2. The summed E-state index contributed by atoms with van der Waals surface area (Å²) in [4.78, 5) is 33.6. The molecule has 0 fully saturated rings. The zero-order valence-corrected chi connectivity index (χ0v) is 15.6. The third-order valence-corrected chi connectivity index (χ3v) is 4.46. The van der Waals surface area contributed by atoms with Gasteiger partial charge in [0.15, 0.2) is 0 Å². The molecule has 0 radical (unpaired) electrons. The predicted octanol–water partition coefficient (Wildman–Crippen LogP) is 4.34. The van der Waals surface area contributed by atoms with Crippen molar-refractivity contribution in [3.05, 3.63) is 90.3 Å². The van der Waals surface area contributed by atoms with Crippen LogP contribution in [0.5, 0.6) is 0 Å². The van der Waals surface area contributed by atoms with Gasteiger partial charge in [-0.05, 0) is 42.5 Å². The molecule has 0 aliphatic rings. The van der Waals surface area contributed by atoms with Crippen molar-refractivity contribution in [3.63, 3.8) is 0 Å². The predicted molar refractivity (Wildman–Crippen MR) is 111 cm³/mol. The molecule has 2 aromatic carbocycles. The number of benzene rings is 2. The molecule has 2 aromatic heterocycles. The van der Waals surface area contributed by atoms with Gasteiger partial charge in [-0.15, -0.1) is 0 Å². The molecule has 0 atom stereocenters. The van der Waals surface area contributed by atoms with Crippen molar-refractivity contribution in [1.82, 2.24) is 9.97 Å². The van der Waals surface area contributed by atoms with Crippen LogP contribution in [-0.2, 0) is 4.74 Å². The van der Waals surface area contributed by atoms with E-state index < -0.39 is 5.97 Å². The number of methoxy groups -OCH3 is 1. The molecule has 0 unspecified atom stereocenters. The number of esters is 1. The Morgan fingerprint density at radius 3 is 2.62 bits per heavy atom. The van der Waals surface area contributed by atoms with Gasteiger partial charge in [-0.1, -0.05) is 24.3 Å². The largest absolute Gasteiger partial charge is 0.465 e. The molecule has 1 N–H and O–H groups in total. The first-order valence-electron chi connectivity index (χ1n) is 8.95. The lowest BCUT2D eigenvalue weighted by atomic mass is 10.0. The van der Waals surface area contributed by atoms with Crippen LogP contribution in [0.1, 0.15) is 20.7 Å². The highest BCUT2D eigenvalue weighted by atomic mass is 16.5. The van der Waals surface area contributed by atoms with Crippen molar-refractivity contribution < 1.29 is 14.3 Å². The van der Waals surface area contributed by atoms with Gasteiger partial charge in [-0.3, -0.25) is 9.78 Å². The molecule has 6 heteroatoms. The number of nitrogens with one attached hydrogen (secondary N) is 1. The van der Waals surface area contributed by atoms with E-state index in [0.29, 0.717) is 28.0 Å². The highest BCUT2D eigenvalue weighted by molar-refractivity contribution is 6.13. The number of fused-ring (bicyclic) bond motifs is 1. The number of hydrogen-bond acceptors (Lipinski definition) is 5. The molecule has 6 nitrogen and oxygen atoms in total. The lowest BCUT2D eigenvalue weighted by molar-refractivity contribution is 0.0600. The molecule has 142 valence electrons. The van der Waals surface area contributed by atoms with E-state index in [1.165, 1.54) is 7.11 Å². The fraction of sp³-hybridized carbons (Fsp3) is 0.0435. The normalized spacial score (nSPS) is 10.5. The zero-order valence-electron chi connectivity index (χ0n) is 15.6. The second-order valence-electron chi connectivity index (χ2n) is 6.34. The number of carbonyl (C=O) groups is 2. The second kappa shape index (κ2) is 7.90. The van der Waals surface area contributed by atoms with E-state index >= 15 is 0 Å². The maximum Gasteiger partial charge on any atom is 0.337 e. The fourth-order valence-electron chi connectivity index (χ4n) is 3.07. The van der Waals surface area contributed by atoms with Crippen LogP contribution >= 0.6 is 0 Å². The quantitative estimate of drug-likeness (QED) is 0.530. The Morgan fingerprint density at radius 2 is 1.83 bits per heavy atom. The standard InChI is InChI=1S/C23H17N3O3/c1-29-23(28)15-6-4-8-17(12-15)25-22(27)19-13-21(16-7-5-11-24-14-16)26-20-10-3-2-9-18(19)20/h2-14H,1H3,(H,25,27). The van der Waals surface area contributed by atoms with E-state index in [4.69, 9.17) is 4.74 Å². The Kier molecular flexibility index (Phi) is 4.99. The number of hydrogen-bond donors (Lipinski definition) is 1. The number of anilines is 1. The third-order valence-electron chi connectivity index (χ3n) is 4.46. The van der Waals surface area contributed by atoms with E-state index in [0.717, 1.165) is 10.9 Å². The van der Waals surface area contributed by atoms with E-state index in [1.807, 2.05) is 36.4 Å². The van der Waals surface area contributed by atoms with Crippen molar-refractivity contribution >= 4 is 28.5 Å².